The topological polar surface area (TPSA) is 20.3 Å². The fourth-order valence-electron chi connectivity index (χ4n) is 2.50. The molecule has 0 spiro atoms. The Hall–Kier alpha value is -0.670. The van der Waals surface area contributed by atoms with Crippen LogP contribution in [0.1, 0.15) is 43.5 Å². The van der Waals surface area contributed by atoms with Gasteiger partial charge in [-0.2, -0.15) is 0 Å². The van der Waals surface area contributed by atoms with Crippen molar-refractivity contribution >= 4 is 17.1 Å². The molecule has 2 unspecified atom stereocenters. The van der Waals surface area contributed by atoms with Crippen LogP contribution in [0.25, 0.3) is 0 Å². The Bertz CT molecular complexity index is 360. The number of carbonyl (C=O) groups is 1. The average molecular weight is 251 g/mol. The first-order valence-electron chi connectivity index (χ1n) is 6.45. The van der Waals surface area contributed by atoms with Gasteiger partial charge in [-0.25, -0.2) is 0 Å². The van der Waals surface area contributed by atoms with Gasteiger partial charge in [0.1, 0.15) is 5.78 Å². The summed E-state index contributed by atoms with van der Waals surface area (Å²) in [6.45, 7) is 3.14. The van der Waals surface area contributed by atoms with Crippen LogP contribution in [0.4, 0.5) is 0 Å². The van der Waals surface area contributed by atoms with Crippen LogP contribution in [0.2, 0.25) is 0 Å². The lowest BCUT2D eigenvalue weighted by Gasteiger charge is -2.29. The Morgan fingerprint density at radius 2 is 2.35 bits per heavy atom. The van der Waals surface area contributed by atoms with Gasteiger partial charge in [0.15, 0.2) is 0 Å². The number of rotatable bonds is 4. The van der Waals surface area contributed by atoms with Crippen molar-refractivity contribution in [1.29, 1.82) is 0 Å². The molecule has 3 heteroatoms. The zero-order valence-corrected chi connectivity index (χ0v) is 11.5. The molecular formula is C14H21NOS. The van der Waals surface area contributed by atoms with Crippen molar-refractivity contribution in [3.05, 3.63) is 22.4 Å². The number of nitrogens with zero attached hydrogens (tertiary/aromatic N) is 1. The lowest BCUT2D eigenvalue weighted by Crippen LogP contribution is -2.33. The van der Waals surface area contributed by atoms with E-state index in [-0.39, 0.29) is 5.92 Å². The molecule has 1 aliphatic carbocycles. The molecular weight excluding hydrogens is 230 g/mol. The smallest absolute Gasteiger partial charge is 0.137 e. The van der Waals surface area contributed by atoms with Crippen molar-refractivity contribution in [2.75, 3.05) is 13.6 Å². The minimum absolute atomic E-state index is 0.274. The third-order valence-electron chi connectivity index (χ3n) is 3.81. The van der Waals surface area contributed by atoms with Crippen LogP contribution >= 0.6 is 11.3 Å². The van der Waals surface area contributed by atoms with Crippen LogP contribution in [-0.4, -0.2) is 24.3 Å². The molecule has 1 aromatic rings. The van der Waals surface area contributed by atoms with Crippen molar-refractivity contribution < 1.29 is 4.79 Å². The fraction of sp³-hybridized carbons (Fsp3) is 0.643. The lowest BCUT2D eigenvalue weighted by molar-refractivity contribution is -0.125. The van der Waals surface area contributed by atoms with E-state index in [1.807, 2.05) is 0 Å². The molecule has 0 amide bonds. The highest BCUT2D eigenvalue weighted by Crippen LogP contribution is 2.27. The Balaban J connectivity index is 1.92. The molecule has 2 rings (SSSR count). The monoisotopic (exact) mass is 251 g/mol. The molecule has 17 heavy (non-hydrogen) atoms. The summed E-state index contributed by atoms with van der Waals surface area (Å²) in [7, 11) is 2.13. The third-order valence-corrected chi connectivity index (χ3v) is 4.85. The Labute approximate surface area is 108 Å². The number of Topliss-reactive ketones (excluding diaryl/α,β-unsaturated/α-hetero) is 1. The molecule has 1 heterocycles. The van der Waals surface area contributed by atoms with E-state index in [1.54, 1.807) is 11.3 Å². The summed E-state index contributed by atoms with van der Waals surface area (Å²) in [5, 5.41) is 2.12. The zero-order valence-electron chi connectivity index (χ0n) is 10.7. The summed E-state index contributed by atoms with van der Waals surface area (Å²) < 4.78 is 0. The third kappa shape index (κ3) is 3.17. The van der Waals surface area contributed by atoms with E-state index in [0.29, 0.717) is 11.8 Å². The lowest BCUT2D eigenvalue weighted by atomic mass is 9.87. The second kappa shape index (κ2) is 5.78. The van der Waals surface area contributed by atoms with Gasteiger partial charge in [0.2, 0.25) is 0 Å². The van der Waals surface area contributed by atoms with Crippen molar-refractivity contribution in [3.63, 3.8) is 0 Å². The summed E-state index contributed by atoms with van der Waals surface area (Å²) in [6.07, 6.45) is 4.20. The van der Waals surface area contributed by atoms with Gasteiger partial charge in [0.05, 0.1) is 0 Å². The van der Waals surface area contributed by atoms with Crippen molar-refractivity contribution in [3.8, 4) is 0 Å². The first-order chi connectivity index (χ1) is 8.18. The first-order valence-corrected chi connectivity index (χ1v) is 7.33. The highest BCUT2D eigenvalue weighted by molar-refractivity contribution is 7.10. The molecule has 0 saturated heterocycles. The van der Waals surface area contributed by atoms with Gasteiger partial charge >= 0.3 is 0 Å². The highest BCUT2D eigenvalue weighted by atomic mass is 32.1. The second-order valence-corrected chi connectivity index (χ2v) is 6.02. The summed E-state index contributed by atoms with van der Waals surface area (Å²) in [5.41, 5.74) is 0. The minimum atomic E-state index is 0.274. The molecule has 1 fully saturated rings. The fourth-order valence-corrected chi connectivity index (χ4v) is 3.35. The quantitative estimate of drug-likeness (QED) is 0.816. The maximum Gasteiger partial charge on any atom is 0.137 e. The average Bonchev–Trinajstić information content (AvgIpc) is 2.84. The van der Waals surface area contributed by atoms with Crippen molar-refractivity contribution in [2.45, 2.75) is 38.6 Å². The van der Waals surface area contributed by atoms with Crippen LogP contribution < -0.4 is 0 Å². The van der Waals surface area contributed by atoms with Crippen LogP contribution in [0.3, 0.4) is 0 Å². The minimum Gasteiger partial charge on any atom is -0.299 e. The van der Waals surface area contributed by atoms with E-state index in [0.717, 1.165) is 25.8 Å². The summed E-state index contributed by atoms with van der Waals surface area (Å²) >= 11 is 1.80. The molecule has 0 aromatic carbocycles. The normalized spacial score (nSPS) is 23.0. The Morgan fingerprint density at radius 1 is 1.53 bits per heavy atom. The van der Waals surface area contributed by atoms with Crippen LogP contribution in [-0.2, 0) is 4.79 Å². The molecule has 0 aliphatic heterocycles. The molecule has 1 saturated carbocycles. The number of carbonyl (C=O) groups excluding carboxylic acids is 1. The van der Waals surface area contributed by atoms with Gasteiger partial charge in [0, 0.05) is 29.8 Å². The summed E-state index contributed by atoms with van der Waals surface area (Å²) in [4.78, 5) is 15.5. The van der Waals surface area contributed by atoms with Gasteiger partial charge in [0.25, 0.3) is 0 Å². The second-order valence-electron chi connectivity index (χ2n) is 5.04. The SMILES string of the molecule is CC(c1cccs1)N(C)CC1CCCCC1=O. The maximum atomic E-state index is 11.8. The zero-order chi connectivity index (χ0) is 12.3. The molecule has 1 aromatic heterocycles. The predicted molar refractivity (Wildman–Crippen MR) is 72.3 cm³/mol. The molecule has 94 valence electrons. The maximum absolute atomic E-state index is 11.8. The predicted octanol–water partition coefficient (Wildman–Crippen LogP) is 3.50. The highest BCUT2D eigenvalue weighted by Gasteiger charge is 2.25. The van der Waals surface area contributed by atoms with Gasteiger partial charge in [-0.05, 0) is 38.3 Å². The largest absolute Gasteiger partial charge is 0.299 e. The van der Waals surface area contributed by atoms with E-state index < -0.39 is 0 Å². The van der Waals surface area contributed by atoms with E-state index in [4.69, 9.17) is 0 Å². The van der Waals surface area contributed by atoms with E-state index >= 15 is 0 Å². The molecule has 0 bridgehead atoms. The van der Waals surface area contributed by atoms with E-state index in [9.17, 15) is 4.79 Å². The van der Waals surface area contributed by atoms with Gasteiger partial charge < -0.3 is 0 Å². The van der Waals surface area contributed by atoms with Crippen molar-refractivity contribution in [1.82, 2.24) is 4.90 Å². The van der Waals surface area contributed by atoms with Gasteiger partial charge in [-0.1, -0.05) is 12.5 Å². The van der Waals surface area contributed by atoms with Crippen molar-refractivity contribution in [2.24, 2.45) is 5.92 Å². The molecule has 0 N–H and O–H groups in total. The Morgan fingerprint density at radius 3 is 3.00 bits per heavy atom. The number of hydrogen-bond acceptors (Lipinski definition) is 3. The summed E-state index contributed by atoms with van der Waals surface area (Å²) in [5.74, 6) is 0.748. The van der Waals surface area contributed by atoms with E-state index in [1.165, 1.54) is 11.3 Å². The van der Waals surface area contributed by atoms with Crippen LogP contribution in [0.15, 0.2) is 17.5 Å². The molecule has 0 radical (unpaired) electrons. The van der Waals surface area contributed by atoms with Gasteiger partial charge in [-0.3, -0.25) is 9.69 Å². The summed E-state index contributed by atoms with van der Waals surface area (Å²) in [6, 6.07) is 4.69. The van der Waals surface area contributed by atoms with E-state index in [2.05, 4.69) is 36.4 Å². The Kier molecular flexibility index (Phi) is 4.35. The van der Waals surface area contributed by atoms with Gasteiger partial charge in [-0.15, -0.1) is 11.3 Å². The standard InChI is InChI=1S/C14H21NOS/c1-11(14-8-5-9-17-14)15(2)10-12-6-3-4-7-13(12)16/h5,8-9,11-12H,3-4,6-7,10H2,1-2H3. The first kappa shape index (κ1) is 12.8. The number of thiophene rings is 1. The van der Waals surface area contributed by atoms with Crippen LogP contribution in [0, 0.1) is 5.92 Å². The molecule has 2 atom stereocenters. The molecule has 1 aliphatic rings. The number of ketones is 1. The molecule has 2 nitrogen and oxygen atoms in total. The number of hydrogen-bond donors (Lipinski definition) is 0. The van der Waals surface area contributed by atoms with Crippen LogP contribution in [0.5, 0.6) is 0 Å².